The lowest BCUT2D eigenvalue weighted by Crippen LogP contribution is -1.99. The number of fused-ring (bicyclic) bond motifs is 1. The maximum atomic E-state index is 5.71. The molecule has 1 aromatic carbocycles. The summed E-state index contributed by atoms with van der Waals surface area (Å²) in [5.41, 5.74) is 2.79. The van der Waals surface area contributed by atoms with E-state index in [2.05, 4.69) is 21.2 Å². The van der Waals surface area contributed by atoms with Crippen LogP contribution < -0.4 is 4.74 Å². The Balaban J connectivity index is 1.79. The fourth-order valence-electron chi connectivity index (χ4n) is 2.91. The van der Waals surface area contributed by atoms with Gasteiger partial charge in [0.05, 0.1) is 17.7 Å². The van der Waals surface area contributed by atoms with Gasteiger partial charge in [-0.15, -0.1) is 0 Å². The second kappa shape index (κ2) is 6.20. The minimum Gasteiger partial charge on any atom is -0.477 e. The zero-order chi connectivity index (χ0) is 16.5. The van der Waals surface area contributed by atoms with E-state index in [9.17, 15) is 0 Å². The number of aromatic nitrogens is 3. The number of benzene rings is 1. The highest BCUT2D eigenvalue weighted by molar-refractivity contribution is 5.85. The molecule has 6 heteroatoms. The van der Waals surface area contributed by atoms with Crippen molar-refractivity contribution in [2.45, 2.75) is 32.8 Å². The topological polar surface area (TPSA) is 70.3 Å². The summed E-state index contributed by atoms with van der Waals surface area (Å²) in [6.45, 7) is 5.24. The standard InChI is InChI=1S/C18H19N3O3/c1-3-22-17-13(10-12-7-6-11(2)9-14(12)19-17)16-20-18(24-21-16)15-5-4-8-23-15/h6-7,9-10,15H,3-5,8H2,1-2H3/t15-/m1/s1. The SMILES string of the molecule is CCOc1nc2cc(C)ccc2cc1-c1noc([C@H]2CCCO2)n1. The summed E-state index contributed by atoms with van der Waals surface area (Å²) in [4.78, 5) is 9.14. The van der Waals surface area contributed by atoms with Crippen LogP contribution in [0.4, 0.5) is 0 Å². The molecule has 3 aromatic rings. The molecule has 1 saturated heterocycles. The number of hydrogen-bond donors (Lipinski definition) is 0. The Morgan fingerprint density at radius 3 is 2.96 bits per heavy atom. The Hall–Kier alpha value is -2.47. The Labute approximate surface area is 139 Å². The van der Waals surface area contributed by atoms with E-state index in [4.69, 9.17) is 14.0 Å². The first-order valence-electron chi connectivity index (χ1n) is 8.24. The van der Waals surface area contributed by atoms with Crippen molar-refractivity contribution in [3.8, 4) is 17.3 Å². The molecule has 1 atom stereocenters. The summed E-state index contributed by atoms with van der Waals surface area (Å²) in [6, 6.07) is 8.13. The van der Waals surface area contributed by atoms with Gasteiger partial charge in [0.25, 0.3) is 5.89 Å². The van der Waals surface area contributed by atoms with E-state index in [1.807, 2.05) is 32.0 Å². The monoisotopic (exact) mass is 325 g/mol. The molecule has 0 amide bonds. The lowest BCUT2D eigenvalue weighted by molar-refractivity contribution is 0.0835. The smallest absolute Gasteiger partial charge is 0.256 e. The molecule has 3 heterocycles. The van der Waals surface area contributed by atoms with Gasteiger partial charge in [0.1, 0.15) is 6.10 Å². The molecule has 0 spiro atoms. The van der Waals surface area contributed by atoms with Gasteiger partial charge in [-0.2, -0.15) is 4.98 Å². The number of hydrogen-bond acceptors (Lipinski definition) is 6. The van der Waals surface area contributed by atoms with Gasteiger partial charge >= 0.3 is 0 Å². The largest absolute Gasteiger partial charge is 0.477 e. The summed E-state index contributed by atoms with van der Waals surface area (Å²) >= 11 is 0. The van der Waals surface area contributed by atoms with Gasteiger partial charge in [-0.3, -0.25) is 0 Å². The van der Waals surface area contributed by atoms with Crippen LogP contribution in [0.15, 0.2) is 28.8 Å². The first-order chi connectivity index (χ1) is 11.7. The van der Waals surface area contributed by atoms with E-state index in [1.54, 1.807) is 0 Å². The number of nitrogens with zero attached hydrogens (tertiary/aromatic N) is 3. The van der Waals surface area contributed by atoms with Crippen LogP contribution in [0.3, 0.4) is 0 Å². The van der Waals surface area contributed by atoms with Crippen molar-refractivity contribution in [2.75, 3.05) is 13.2 Å². The van der Waals surface area contributed by atoms with Crippen LogP contribution >= 0.6 is 0 Å². The fourth-order valence-corrected chi connectivity index (χ4v) is 2.91. The number of rotatable bonds is 4. The number of pyridine rings is 1. The van der Waals surface area contributed by atoms with Crippen LogP contribution in [-0.2, 0) is 4.74 Å². The average molecular weight is 325 g/mol. The average Bonchev–Trinajstić information content (AvgIpc) is 3.26. The molecule has 0 N–H and O–H groups in total. The molecule has 1 aliphatic rings. The van der Waals surface area contributed by atoms with Gasteiger partial charge in [0.2, 0.25) is 11.7 Å². The Bertz CT molecular complexity index is 869. The molecular formula is C18H19N3O3. The molecule has 1 aliphatic heterocycles. The Morgan fingerprint density at radius 2 is 2.17 bits per heavy atom. The third kappa shape index (κ3) is 2.73. The molecule has 1 fully saturated rings. The molecule has 24 heavy (non-hydrogen) atoms. The highest BCUT2D eigenvalue weighted by atomic mass is 16.5. The van der Waals surface area contributed by atoms with Crippen LogP contribution in [0, 0.1) is 6.92 Å². The molecule has 6 nitrogen and oxygen atoms in total. The van der Waals surface area contributed by atoms with Crippen molar-refractivity contribution >= 4 is 10.9 Å². The zero-order valence-electron chi connectivity index (χ0n) is 13.8. The molecule has 0 bridgehead atoms. The molecule has 0 unspecified atom stereocenters. The summed E-state index contributed by atoms with van der Waals surface area (Å²) in [5, 5.41) is 5.13. The third-order valence-electron chi connectivity index (χ3n) is 4.11. The lowest BCUT2D eigenvalue weighted by atomic mass is 10.1. The second-order valence-electron chi connectivity index (χ2n) is 5.93. The van der Waals surface area contributed by atoms with E-state index in [1.165, 1.54) is 0 Å². The first kappa shape index (κ1) is 15.1. The van der Waals surface area contributed by atoms with E-state index in [-0.39, 0.29) is 6.10 Å². The first-order valence-corrected chi connectivity index (χ1v) is 8.24. The van der Waals surface area contributed by atoms with Gasteiger partial charge < -0.3 is 14.0 Å². The van der Waals surface area contributed by atoms with Crippen LogP contribution in [0.25, 0.3) is 22.3 Å². The van der Waals surface area contributed by atoms with E-state index < -0.39 is 0 Å². The summed E-state index contributed by atoms with van der Waals surface area (Å²) in [6.07, 6.45) is 1.83. The van der Waals surface area contributed by atoms with Crippen molar-refractivity contribution in [3.63, 3.8) is 0 Å². The van der Waals surface area contributed by atoms with Gasteiger partial charge in [-0.05, 0) is 44.4 Å². The summed E-state index contributed by atoms with van der Waals surface area (Å²) in [7, 11) is 0. The van der Waals surface area contributed by atoms with Crippen LogP contribution in [0.2, 0.25) is 0 Å². The highest BCUT2D eigenvalue weighted by Crippen LogP contribution is 2.33. The third-order valence-corrected chi connectivity index (χ3v) is 4.11. The maximum absolute atomic E-state index is 5.71. The fraction of sp³-hybridized carbons (Fsp3) is 0.389. The number of ether oxygens (including phenoxy) is 2. The Morgan fingerprint density at radius 1 is 1.25 bits per heavy atom. The minimum atomic E-state index is -0.0992. The van der Waals surface area contributed by atoms with Crippen molar-refractivity contribution in [1.82, 2.24) is 15.1 Å². The van der Waals surface area contributed by atoms with Crippen molar-refractivity contribution < 1.29 is 14.0 Å². The van der Waals surface area contributed by atoms with Crippen molar-refractivity contribution in [2.24, 2.45) is 0 Å². The molecule has 2 aromatic heterocycles. The molecule has 0 radical (unpaired) electrons. The zero-order valence-corrected chi connectivity index (χ0v) is 13.8. The van der Waals surface area contributed by atoms with Crippen LogP contribution in [0.5, 0.6) is 5.88 Å². The Kier molecular flexibility index (Phi) is 3.90. The van der Waals surface area contributed by atoms with E-state index in [0.717, 1.165) is 41.5 Å². The van der Waals surface area contributed by atoms with Gasteiger partial charge in [-0.25, -0.2) is 4.98 Å². The van der Waals surface area contributed by atoms with Gasteiger partial charge in [-0.1, -0.05) is 17.3 Å². The second-order valence-corrected chi connectivity index (χ2v) is 5.93. The summed E-state index contributed by atoms with van der Waals surface area (Å²) in [5.74, 6) is 1.53. The summed E-state index contributed by atoms with van der Waals surface area (Å²) < 4.78 is 16.7. The molecular weight excluding hydrogens is 306 g/mol. The molecule has 0 saturated carbocycles. The van der Waals surface area contributed by atoms with E-state index >= 15 is 0 Å². The van der Waals surface area contributed by atoms with Gasteiger partial charge in [0.15, 0.2) is 0 Å². The van der Waals surface area contributed by atoms with Crippen LogP contribution in [-0.4, -0.2) is 28.3 Å². The van der Waals surface area contributed by atoms with Crippen molar-refractivity contribution in [3.05, 3.63) is 35.7 Å². The van der Waals surface area contributed by atoms with Crippen LogP contribution in [0.1, 0.15) is 37.3 Å². The van der Waals surface area contributed by atoms with E-state index in [0.29, 0.717) is 24.2 Å². The maximum Gasteiger partial charge on any atom is 0.256 e. The highest BCUT2D eigenvalue weighted by Gasteiger charge is 2.25. The number of aryl methyl sites for hydroxylation is 1. The predicted molar refractivity (Wildman–Crippen MR) is 88.9 cm³/mol. The van der Waals surface area contributed by atoms with Crippen molar-refractivity contribution in [1.29, 1.82) is 0 Å². The molecule has 0 aliphatic carbocycles. The predicted octanol–water partition coefficient (Wildman–Crippen LogP) is 3.84. The van der Waals surface area contributed by atoms with Gasteiger partial charge in [0, 0.05) is 12.0 Å². The molecule has 4 rings (SSSR count). The lowest BCUT2D eigenvalue weighted by Gasteiger charge is -2.08. The normalized spacial score (nSPS) is 17.5. The quantitative estimate of drug-likeness (QED) is 0.726. The minimum absolute atomic E-state index is 0.0992. The molecule has 124 valence electrons.